The standard InChI is InChI=1S/C18H28N2O/c1-4-19-18(2,3)17(21)20-16-12-10-15(11-13-16)14-8-6-5-7-9-14/h5-9,15-16,19H,4,10-13H2,1-3H3,(H,20,21). The Bertz CT molecular complexity index is 448. The number of likely N-dealkylation sites (N-methyl/N-ethyl adjacent to an activating group) is 1. The first-order valence-corrected chi connectivity index (χ1v) is 8.14. The van der Waals surface area contributed by atoms with Gasteiger partial charge in [-0.1, -0.05) is 37.3 Å². The molecule has 2 rings (SSSR count). The summed E-state index contributed by atoms with van der Waals surface area (Å²) in [6.45, 7) is 6.73. The zero-order valence-corrected chi connectivity index (χ0v) is 13.5. The van der Waals surface area contributed by atoms with Crippen molar-refractivity contribution in [1.82, 2.24) is 10.6 Å². The minimum atomic E-state index is -0.481. The van der Waals surface area contributed by atoms with Gasteiger partial charge in [0.2, 0.25) is 5.91 Å². The van der Waals surface area contributed by atoms with E-state index < -0.39 is 5.54 Å². The zero-order chi connectivity index (χ0) is 15.3. The molecule has 0 unspecified atom stereocenters. The number of hydrogen-bond acceptors (Lipinski definition) is 2. The number of carbonyl (C=O) groups excluding carboxylic acids is 1. The van der Waals surface area contributed by atoms with E-state index in [4.69, 9.17) is 0 Å². The molecule has 0 aromatic heterocycles. The molecule has 1 aliphatic carbocycles. The van der Waals surface area contributed by atoms with Crippen LogP contribution in [0.15, 0.2) is 30.3 Å². The molecule has 3 nitrogen and oxygen atoms in total. The molecule has 0 bridgehead atoms. The van der Waals surface area contributed by atoms with Gasteiger partial charge in [-0.2, -0.15) is 0 Å². The maximum Gasteiger partial charge on any atom is 0.239 e. The molecule has 1 saturated carbocycles. The molecule has 21 heavy (non-hydrogen) atoms. The van der Waals surface area contributed by atoms with Crippen molar-refractivity contribution in [3.8, 4) is 0 Å². The summed E-state index contributed by atoms with van der Waals surface area (Å²) >= 11 is 0. The third kappa shape index (κ3) is 4.31. The first kappa shape index (κ1) is 16.0. The van der Waals surface area contributed by atoms with Gasteiger partial charge in [0.25, 0.3) is 0 Å². The predicted octanol–water partition coefficient (Wildman–Crippen LogP) is 3.22. The number of nitrogens with one attached hydrogen (secondary N) is 2. The third-order valence-electron chi connectivity index (χ3n) is 4.52. The average Bonchev–Trinajstić information content (AvgIpc) is 2.49. The SMILES string of the molecule is CCNC(C)(C)C(=O)NC1CCC(c2ccccc2)CC1. The van der Waals surface area contributed by atoms with Crippen molar-refractivity contribution < 1.29 is 4.79 Å². The molecule has 0 aliphatic heterocycles. The van der Waals surface area contributed by atoms with Crippen LogP contribution < -0.4 is 10.6 Å². The van der Waals surface area contributed by atoms with E-state index in [2.05, 4.69) is 41.0 Å². The average molecular weight is 288 g/mol. The molecule has 1 aliphatic rings. The molecule has 1 aromatic rings. The summed E-state index contributed by atoms with van der Waals surface area (Å²) in [6, 6.07) is 11.1. The van der Waals surface area contributed by atoms with Crippen molar-refractivity contribution >= 4 is 5.91 Å². The Kier molecular flexibility index (Phi) is 5.40. The van der Waals surface area contributed by atoms with Crippen LogP contribution in [0, 0.1) is 0 Å². The lowest BCUT2D eigenvalue weighted by atomic mass is 9.81. The fourth-order valence-corrected chi connectivity index (χ4v) is 3.18. The van der Waals surface area contributed by atoms with Crippen molar-refractivity contribution in [3.05, 3.63) is 35.9 Å². The van der Waals surface area contributed by atoms with Crippen LogP contribution in [0.25, 0.3) is 0 Å². The number of amides is 1. The highest BCUT2D eigenvalue weighted by Gasteiger charge is 2.30. The van der Waals surface area contributed by atoms with E-state index in [-0.39, 0.29) is 5.91 Å². The highest BCUT2D eigenvalue weighted by Crippen LogP contribution is 2.32. The molecule has 116 valence electrons. The second-order valence-corrected chi connectivity index (χ2v) is 6.59. The molecule has 0 spiro atoms. The summed E-state index contributed by atoms with van der Waals surface area (Å²) in [4.78, 5) is 12.3. The van der Waals surface area contributed by atoms with Gasteiger partial charge in [0.15, 0.2) is 0 Å². The first-order valence-electron chi connectivity index (χ1n) is 8.14. The van der Waals surface area contributed by atoms with Gasteiger partial charge in [-0.15, -0.1) is 0 Å². The lowest BCUT2D eigenvalue weighted by molar-refractivity contribution is -0.127. The molecule has 0 radical (unpaired) electrons. The van der Waals surface area contributed by atoms with Gasteiger partial charge >= 0.3 is 0 Å². The summed E-state index contributed by atoms with van der Waals surface area (Å²) in [7, 11) is 0. The number of carbonyl (C=O) groups is 1. The fraction of sp³-hybridized carbons (Fsp3) is 0.611. The van der Waals surface area contributed by atoms with Crippen LogP contribution in [0.2, 0.25) is 0 Å². The molecule has 2 N–H and O–H groups in total. The summed E-state index contributed by atoms with van der Waals surface area (Å²) in [5.41, 5.74) is 0.959. The van der Waals surface area contributed by atoms with Crippen LogP contribution in [0.1, 0.15) is 57.9 Å². The van der Waals surface area contributed by atoms with Gasteiger partial charge < -0.3 is 10.6 Å². The fourth-order valence-electron chi connectivity index (χ4n) is 3.18. The highest BCUT2D eigenvalue weighted by molar-refractivity contribution is 5.85. The van der Waals surface area contributed by atoms with Crippen molar-refractivity contribution in [3.63, 3.8) is 0 Å². The first-order chi connectivity index (χ1) is 10.0. The van der Waals surface area contributed by atoms with Gasteiger partial charge in [0, 0.05) is 6.04 Å². The van der Waals surface area contributed by atoms with E-state index in [1.54, 1.807) is 0 Å². The van der Waals surface area contributed by atoms with Crippen LogP contribution in [0.4, 0.5) is 0 Å². The molecular weight excluding hydrogens is 260 g/mol. The Morgan fingerprint density at radius 2 is 1.76 bits per heavy atom. The van der Waals surface area contributed by atoms with Crippen LogP contribution in [-0.4, -0.2) is 24.0 Å². The summed E-state index contributed by atoms with van der Waals surface area (Å²) in [5, 5.41) is 6.45. The topological polar surface area (TPSA) is 41.1 Å². The van der Waals surface area contributed by atoms with E-state index in [0.717, 1.165) is 32.2 Å². The van der Waals surface area contributed by atoms with Gasteiger partial charge in [-0.25, -0.2) is 0 Å². The summed E-state index contributed by atoms with van der Waals surface area (Å²) in [6.07, 6.45) is 4.48. The molecule has 0 atom stereocenters. The van der Waals surface area contributed by atoms with E-state index in [1.165, 1.54) is 5.56 Å². The normalized spacial score (nSPS) is 22.8. The summed E-state index contributed by atoms with van der Waals surface area (Å²) < 4.78 is 0. The van der Waals surface area contributed by atoms with Gasteiger partial charge in [-0.3, -0.25) is 4.79 Å². The van der Waals surface area contributed by atoms with Crippen LogP contribution in [0.3, 0.4) is 0 Å². The monoisotopic (exact) mass is 288 g/mol. The summed E-state index contributed by atoms with van der Waals surface area (Å²) in [5.74, 6) is 0.772. The minimum Gasteiger partial charge on any atom is -0.352 e. The van der Waals surface area contributed by atoms with Crippen LogP contribution in [0.5, 0.6) is 0 Å². The third-order valence-corrected chi connectivity index (χ3v) is 4.52. The van der Waals surface area contributed by atoms with E-state index in [1.807, 2.05) is 20.8 Å². The highest BCUT2D eigenvalue weighted by atomic mass is 16.2. The number of hydrogen-bond donors (Lipinski definition) is 2. The van der Waals surface area contributed by atoms with Crippen molar-refractivity contribution in [2.24, 2.45) is 0 Å². The van der Waals surface area contributed by atoms with Gasteiger partial charge in [0.05, 0.1) is 5.54 Å². The maximum atomic E-state index is 12.3. The van der Waals surface area contributed by atoms with Crippen LogP contribution in [-0.2, 0) is 4.79 Å². The molecule has 3 heteroatoms. The Morgan fingerprint density at radius 1 is 1.14 bits per heavy atom. The predicted molar refractivity (Wildman–Crippen MR) is 87.3 cm³/mol. The molecule has 1 fully saturated rings. The Morgan fingerprint density at radius 3 is 2.33 bits per heavy atom. The molecule has 1 amide bonds. The zero-order valence-electron chi connectivity index (χ0n) is 13.5. The van der Waals surface area contributed by atoms with Gasteiger partial charge in [0.1, 0.15) is 0 Å². The van der Waals surface area contributed by atoms with E-state index in [0.29, 0.717) is 12.0 Å². The second kappa shape index (κ2) is 7.08. The van der Waals surface area contributed by atoms with E-state index in [9.17, 15) is 4.79 Å². The molecular formula is C18H28N2O. The molecule has 1 aromatic carbocycles. The smallest absolute Gasteiger partial charge is 0.239 e. The van der Waals surface area contributed by atoms with Crippen molar-refractivity contribution in [1.29, 1.82) is 0 Å². The van der Waals surface area contributed by atoms with Crippen LogP contribution >= 0.6 is 0 Å². The maximum absolute atomic E-state index is 12.3. The van der Waals surface area contributed by atoms with Crippen molar-refractivity contribution in [2.75, 3.05) is 6.54 Å². The Labute approximate surface area is 128 Å². The second-order valence-electron chi connectivity index (χ2n) is 6.59. The number of benzene rings is 1. The van der Waals surface area contributed by atoms with E-state index >= 15 is 0 Å². The Hall–Kier alpha value is -1.35. The minimum absolute atomic E-state index is 0.118. The number of rotatable bonds is 5. The lowest BCUT2D eigenvalue weighted by Gasteiger charge is -2.32. The van der Waals surface area contributed by atoms with Crippen molar-refractivity contribution in [2.45, 2.75) is 64.0 Å². The quantitative estimate of drug-likeness (QED) is 0.873. The Balaban J connectivity index is 1.83. The molecule has 0 saturated heterocycles. The molecule has 0 heterocycles. The lowest BCUT2D eigenvalue weighted by Crippen LogP contribution is -2.55. The van der Waals surface area contributed by atoms with Gasteiger partial charge in [-0.05, 0) is 57.6 Å². The largest absolute Gasteiger partial charge is 0.352 e.